The van der Waals surface area contributed by atoms with Crippen molar-refractivity contribution >= 4 is 6.15 Å². The molecule has 8 heteroatoms. The predicted molar refractivity (Wildman–Crippen MR) is 28.6 cm³/mol. The van der Waals surface area contributed by atoms with Crippen LogP contribution in [0.25, 0.3) is 0 Å². The Balaban J connectivity index is 0. The summed E-state index contributed by atoms with van der Waals surface area (Å²) in [6.45, 7) is 0. The number of nitrogens with zero attached hydrogens (tertiary/aromatic N) is 3. The zero-order valence-electron chi connectivity index (χ0n) is 6.05. The van der Waals surface area contributed by atoms with Crippen molar-refractivity contribution in [1.29, 1.82) is 15.8 Å². The Morgan fingerprint density at radius 2 is 1.17 bits per heavy atom. The van der Waals surface area contributed by atoms with Crippen LogP contribution in [0.15, 0.2) is 0 Å². The van der Waals surface area contributed by atoms with Crippen LogP contribution in [-0.2, 0) is 0 Å². The molecule has 0 fully saturated rings. The van der Waals surface area contributed by atoms with Gasteiger partial charge in [0.2, 0.25) is 0 Å². The summed E-state index contributed by atoms with van der Waals surface area (Å²) < 4.78 is 35.2. The van der Waals surface area contributed by atoms with E-state index in [-0.39, 0.29) is 51.4 Å². The second-order valence-electron chi connectivity index (χ2n) is 1.79. The van der Waals surface area contributed by atoms with E-state index in [4.69, 9.17) is 15.8 Å². The first-order chi connectivity index (χ1) is 4.93. The molecule has 0 heterocycles. The van der Waals surface area contributed by atoms with Crippen LogP contribution in [-0.4, -0.2) is 12.2 Å². The second-order valence-corrected chi connectivity index (χ2v) is 1.79. The SMILES string of the molecule is N#C[B-](C#N)(C#N)C(F)(F)F.[K+]. The number of rotatable bonds is 0. The van der Waals surface area contributed by atoms with Crippen LogP contribution in [0.2, 0.25) is 0 Å². The van der Waals surface area contributed by atoms with Crippen LogP contribution < -0.4 is 51.4 Å². The molecule has 12 heavy (non-hydrogen) atoms. The molecule has 0 saturated heterocycles. The number of halogens is 3. The van der Waals surface area contributed by atoms with E-state index in [0.29, 0.717) is 17.9 Å². The van der Waals surface area contributed by atoms with Crippen LogP contribution in [0, 0.1) is 33.7 Å². The van der Waals surface area contributed by atoms with Gasteiger partial charge in [-0.2, -0.15) is 0 Å². The Bertz CT molecular complexity index is 244. The number of nitriles is 3. The van der Waals surface area contributed by atoms with Gasteiger partial charge in [0.25, 0.3) is 6.08 Å². The minimum Gasteiger partial charge on any atom is -0.247 e. The molecule has 0 rings (SSSR count). The summed E-state index contributed by atoms with van der Waals surface area (Å²) in [6, 6.07) is 0. The molecule has 3 nitrogen and oxygen atoms in total. The predicted octanol–water partition coefficient (Wildman–Crippen LogP) is -2.27. The fourth-order valence-corrected chi connectivity index (χ4v) is 0.306. The standard InChI is InChI=1S/C4BF3N3.K/c6-4(7,8)5(1-9,2-10)3-11;/q-1;+1. The van der Waals surface area contributed by atoms with Gasteiger partial charge in [0.1, 0.15) is 0 Å². The van der Waals surface area contributed by atoms with E-state index in [2.05, 4.69) is 0 Å². The third-order valence-corrected chi connectivity index (χ3v) is 1.07. The molecule has 56 valence electrons. The molecule has 0 bridgehead atoms. The van der Waals surface area contributed by atoms with Crippen molar-refractivity contribution < 1.29 is 64.6 Å². The normalized spacial score (nSPS) is 10.0. The Kier molecular flexibility index (Phi) is 5.86. The van der Waals surface area contributed by atoms with E-state index in [9.17, 15) is 13.2 Å². The van der Waals surface area contributed by atoms with E-state index in [1.807, 2.05) is 0 Å². The molecule has 0 saturated carbocycles. The van der Waals surface area contributed by atoms with Crippen LogP contribution in [0.1, 0.15) is 0 Å². The maximum absolute atomic E-state index is 11.7. The van der Waals surface area contributed by atoms with Gasteiger partial charge >= 0.3 is 57.5 Å². The summed E-state index contributed by atoms with van der Waals surface area (Å²) in [4.78, 5) is 0. The van der Waals surface area contributed by atoms with Crippen molar-refractivity contribution in [3.63, 3.8) is 0 Å². The Labute approximate surface area is 109 Å². The first-order valence-electron chi connectivity index (χ1n) is 2.39. The van der Waals surface area contributed by atoms with Gasteiger partial charge in [-0.3, -0.25) is 0 Å². The molecule has 0 aromatic heterocycles. The van der Waals surface area contributed by atoms with Crippen molar-refractivity contribution in [3.8, 4) is 17.9 Å². The summed E-state index contributed by atoms with van der Waals surface area (Å²) >= 11 is 0. The summed E-state index contributed by atoms with van der Waals surface area (Å²) in [6.07, 6.45) is -9.24. The van der Waals surface area contributed by atoms with Gasteiger partial charge < -0.3 is 0 Å². The molecule has 0 aliphatic heterocycles. The minimum atomic E-state index is -5.06. The van der Waals surface area contributed by atoms with Gasteiger partial charge in [0.05, 0.1) is 0 Å². The maximum Gasteiger partial charge on any atom is 1.00 e. The van der Waals surface area contributed by atoms with Gasteiger partial charge in [-0.15, -0.1) is 17.9 Å². The molecular weight excluding hydrogens is 197 g/mol. The average Bonchev–Trinajstić information content (AvgIpc) is 1.90. The topological polar surface area (TPSA) is 71.4 Å². The summed E-state index contributed by atoms with van der Waals surface area (Å²) in [7, 11) is 0. The van der Waals surface area contributed by atoms with Crippen molar-refractivity contribution in [2.45, 2.75) is 6.08 Å². The molecule has 0 aliphatic rings. The molecule has 0 spiro atoms. The van der Waals surface area contributed by atoms with Crippen molar-refractivity contribution in [1.82, 2.24) is 0 Å². The molecule has 0 unspecified atom stereocenters. The molecule has 0 aromatic rings. The first kappa shape index (κ1) is 14.5. The first-order valence-corrected chi connectivity index (χ1v) is 2.39. The average molecular weight is 197 g/mol. The Morgan fingerprint density at radius 1 is 0.917 bits per heavy atom. The molecule has 0 atom stereocenters. The Hall–Kier alpha value is -0.0387. The molecule has 0 aliphatic carbocycles. The van der Waals surface area contributed by atoms with E-state index in [0.717, 1.165) is 0 Å². The summed E-state index contributed by atoms with van der Waals surface area (Å²) in [5, 5.41) is 23.8. The van der Waals surface area contributed by atoms with Crippen LogP contribution in [0.5, 0.6) is 0 Å². The van der Waals surface area contributed by atoms with E-state index in [1.54, 1.807) is 0 Å². The zero-order chi connectivity index (χ0) is 9.12. The van der Waals surface area contributed by atoms with E-state index in [1.165, 1.54) is 0 Å². The molecule has 0 amide bonds. The van der Waals surface area contributed by atoms with Crippen LogP contribution >= 0.6 is 0 Å². The third kappa shape index (κ3) is 2.48. The number of hydrogen-bond donors (Lipinski definition) is 0. The van der Waals surface area contributed by atoms with E-state index < -0.39 is 12.2 Å². The minimum absolute atomic E-state index is 0. The monoisotopic (exact) mass is 197 g/mol. The number of alkyl halides is 3. The van der Waals surface area contributed by atoms with Crippen LogP contribution in [0.3, 0.4) is 0 Å². The summed E-state index contributed by atoms with van der Waals surface area (Å²) in [5.41, 5.74) is 0. The molecule has 0 aromatic carbocycles. The number of hydrogen-bond acceptors (Lipinski definition) is 3. The quantitative estimate of drug-likeness (QED) is 0.411. The largest absolute Gasteiger partial charge is 1.00 e. The molecular formula is C4BF3KN3. The molecule has 0 N–H and O–H groups in total. The zero-order valence-corrected chi connectivity index (χ0v) is 9.18. The van der Waals surface area contributed by atoms with Crippen molar-refractivity contribution in [2.75, 3.05) is 0 Å². The Morgan fingerprint density at radius 3 is 1.17 bits per heavy atom. The van der Waals surface area contributed by atoms with Gasteiger partial charge in [-0.1, -0.05) is 0 Å². The van der Waals surface area contributed by atoms with Gasteiger partial charge in [0.15, 0.2) is 0 Å². The maximum atomic E-state index is 11.7. The van der Waals surface area contributed by atoms with E-state index >= 15 is 0 Å². The van der Waals surface area contributed by atoms with Crippen molar-refractivity contribution in [3.05, 3.63) is 0 Å². The van der Waals surface area contributed by atoms with Gasteiger partial charge in [-0.25, -0.2) is 29.0 Å². The van der Waals surface area contributed by atoms with Crippen LogP contribution in [0.4, 0.5) is 13.2 Å². The fraction of sp³-hybridized carbons (Fsp3) is 0.250. The fourth-order valence-electron chi connectivity index (χ4n) is 0.306. The summed E-state index contributed by atoms with van der Waals surface area (Å²) in [5.74, 6) is 2.01. The third-order valence-electron chi connectivity index (χ3n) is 1.07. The molecule has 0 radical (unpaired) electrons. The second kappa shape index (κ2) is 4.86. The smallest absolute Gasteiger partial charge is 0.247 e. The van der Waals surface area contributed by atoms with Gasteiger partial charge in [0, 0.05) is 0 Å². The van der Waals surface area contributed by atoms with Crippen molar-refractivity contribution in [2.24, 2.45) is 0 Å². The van der Waals surface area contributed by atoms with Gasteiger partial charge in [-0.05, 0) is 0 Å².